The van der Waals surface area contributed by atoms with Gasteiger partial charge in [0.2, 0.25) is 0 Å². The number of fused-ring (bicyclic) bond motifs is 4. The minimum absolute atomic E-state index is 0.114. The number of dihydropyridines is 1. The molecule has 0 bridgehead atoms. The van der Waals surface area contributed by atoms with Crippen molar-refractivity contribution in [1.29, 1.82) is 0 Å². The molecule has 3 aliphatic rings. The third-order valence-corrected chi connectivity index (χ3v) is 4.31. The van der Waals surface area contributed by atoms with E-state index in [0.29, 0.717) is 19.5 Å². The lowest BCUT2D eigenvalue weighted by atomic mass is 9.86. The number of hydrogen-bond acceptors (Lipinski definition) is 4. The number of carbonyl (C=O) groups is 2. The first kappa shape index (κ1) is 12.9. The van der Waals surface area contributed by atoms with Gasteiger partial charge in [-0.25, -0.2) is 4.99 Å². The van der Waals surface area contributed by atoms with E-state index in [4.69, 9.17) is 5.73 Å². The molecule has 2 amide bonds. The molecule has 1 aromatic carbocycles. The first-order valence-corrected chi connectivity index (χ1v) is 7.18. The highest BCUT2D eigenvalue weighted by Gasteiger charge is 2.35. The number of piperidine rings is 1. The van der Waals surface area contributed by atoms with Crippen LogP contribution < -0.4 is 5.73 Å². The summed E-state index contributed by atoms with van der Waals surface area (Å²) in [6.45, 7) is 0.884. The van der Waals surface area contributed by atoms with Gasteiger partial charge in [-0.3, -0.25) is 14.6 Å². The summed E-state index contributed by atoms with van der Waals surface area (Å²) >= 11 is 0. The second-order valence-electron chi connectivity index (χ2n) is 5.57. The molecule has 1 atom stereocenters. The molecular formula is C16H14N4O2. The summed E-state index contributed by atoms with van der Waals surface area (Å²) in [5.74, 6) is -1.55. The Morgan fingerprint density at radius 1 is 1.27 bits per heavy atom. The quantitative estimate of drug-likeness (QED) is 0.714. The third-order valence-electron chi connectivity index (χ3n) is 4.31. The zero-order valence-corrected chi connectivity index (χ0v) is 11.8. The lowest BCUT2D eigenvalue weighted by Crippen LogP contribution is -2.48. The van der Waals surface area contributed by atoms with Crippen molar-refractivity contribution in [3.8, 4) is 0 Å². The number of rotatable bonds is 0. The Morgan fingerprint density at radius 3 is 2.91 bits per heavy atom. The highest BCUT2D eigenvalue weighted by Crippen LogP contribution is 2.40. The van der Waals surface area contributed by atoms with Gasteiger partial charge in [-0.1, -0.05) is 18.2 Å². The van der Waals surface area contributed by atoms with Crippen LogP contribution in [0.5, 0.6) is 0 Å². The number of nitrogens with zero attached hydrogens (tertiary/aromatic N) is 3. The molecule has 4 rings (SSSR count). The second kappa shape index (κ2) is 4.62. The van der Waals surface area contributed by atoms with E-state index >= 15 is 0 Å². The smallest absolute Gasteiger partial charge is 0.311 e. The molecule has 0 aliphatic carbocycles. The van der Waals surface area contributed by atoms with Gasteiger partial charge in [0.05, 0.1) is 17.4 Å². The maximum atomic E-state index is 11.8. The van der Waals surface area contributed by atoms with Crippen molar-refractivity contribution in [2.75, 3.05) is 13.1 Å². The Balaban J connectivity index is 1.71. The number of nitrogens with two attached hydrogens (primary N) is 1. The molecule has 0 aromatic heterocycles. The zero-order chi connectivity index (χ0) is 15.3. The Morgan fingerprint density at radius 2 is 2.09 bits per heavy atom. The van der Waals surface area contributed by atoms with Gasteiger partial charge in [-0.15, -0.1) is 0 Å². The van der Waals surface area contributed by atoms with Gasteiger partial charge in [0.25, 0.3) is 0 Å². The molecule has 0 spiro atoms. The van der Waals surface area contributed by atoms with Gasteiger partial charge in [-0.2, -0.15) is 0 Å². The maximum absolute atomic E-state index is 11.8. The van der Waals surface area contributed by atoms with E-state index in [1.54, 1.807) is 6.21 Å². The first-order valence-electron chi connectivity index (χ1n) is 7.18. The minimum Gasteiger partial charge on any atom is -0.361 e. The van der Waals surface area contributed by atoms with Crippen LogP contribution in [-0.4, -0.2) is 47.8 Å². The van der Waals surface area contributed by atoms with Gasteiger partial charge in [0.15, 0.2) is 0 Å². The number of aliphatic imine (C=N–C) groups is 2. The van der Waals surface area contributed by atoms with E-state index in [1.807, 2.05) is 18.2 Å². The number of benzene rings is 1. The van der Waals surface area contributed by atoms with Crippen LogP contribution >= 0.6 is 0 Å². The normalized spacial score (nSPS) is 21.9. The van der Waals surface area contributed by atoms with Crippen LogP contribution in [0.1, 0.15) is 12.0 Å². The van der Waals surface area contributed by atoms with Gasteiger partial charge >= 0.3 is 11.8 Å². The number of primary amides is 1. The Bertz CT molecular complexity index is 791. The molecule has 0 saturated carbocycles. The van der Waals surface area contributed by atoms with Gasteiger partial charge in [0.1, 0.15) is 0 Å². The van der Waals surface area contributed by atoms with Gasteiger partial charge in [0, 0.05) is 30.4 Å². The number of likely N-dealkylation sites (tertiary alicyclic amines) is 1. The van der Waals surface area contributed by atoms with Crippen LogP contribution in [0.3, 0.4) is 0 Å². The topological polar surface area (TPSA) is 88.1 Å². The predicted octanol–water partition coefficient (Wildman–Crippen LogP) is 0.697. The molecular weight excluding hydrogens is 280 g/mol. The molecule has 1 aromatic rings. The van der Waals surface area contributed by atoms with E-state index in [9.17, 15) is 9.59 Å². The molecule has 1 fully saturated rings. The fourth-order valence-corrected chi connectivity index (χ4v) is 3.30. The predicted molar refractivity (Wildman–Crippen MR) is 83.1 cm³/mol. The minimum atomic E-state index is -0.913. The summed E-state index contributed by atoms with van der Waals surface area (Å²) < 4.78 is 0. The highest BCUT2D eigenvalue weighted by atomic mass is 16.2. The first-order chi connectivity index (χ1) is 10.6. The van der Waals surface area contributed by atoms with Crippen molar-refractivity contribution in [2.45, 2.75) is 12.5 Å². The largest absolute Gasteiger partial charge is 0.361 e. The fourth-order valence-electron chi connectivity index (χ4n) is 3.30. The molecule has 110 valence electrons. The summed E-state index contributed by atoms with van der Waals surface area (Å²) in [5, 5.41) is 0. The van der Waals surface area contributed by atoms with E-state index in [-0.39, 0.29) is 6.04 Å². The summed E-state index contributed by atoms with van der Waals surface area (Å²) in [6, 6.07) is 7.90. The Kier molecular flexibility index (Phi) is 2.72. The lowest BCUT2D eigenvalue weighted by molar-refractivity contribution is -0.144. The van der Waals surface area contributed by atoms with Crippen LogP contribution in [0.15, 0.2) is 39.8 Å². The SMILES string of the molecule is NC(=O)C(=O)N1CCC2=C3C(=Nc4ccccc43)C=NC2C1. The number of allylic oxidation sites excluding steroid dienone is 1. The average molecular weight is 294 g/mol. The van der Waals surface area contributed by atoms with Crippen LogP contribution in [0.2, 0.25) is 0 Å². The number of hydrogen-bond donors (Lipinski definition) is 1. The molecule has 22 heavy (non-hydrogen) atoms. The standard InChI is InChI=1S/C16H14N4O2/c17-15(21)16(22)20-6-5-10-13(8-20)18-7-12-14(10)9-3-1-2-4-11(9)19-12/h1-4,7,13H,5-6,8H2,(H2,17,21). The van der Waals surface area contributed by atoms with E-state index in [2.05, 4.69) is 16.1 Å². The number of carbonyl (C=O) groups excluding carboxylic acids is 2. The molecule has 6 heteroatoms. The van der Waals surface area contributed by atoms with Crippen molar-refractivity contribution in [2.24, 2.45) is 15.7 Å². The molecule has 1 saturated heterocycles. The number of amides is 2. The van der Waals surface area contributed by atoms with E-state index < -0.39 is 11.8 Å². The fraction of sp³-hybridized carbons (Fsp3) is 0.250. The Hall–Kier alpha value is -2.76. The van der Waals surface area contributed by atoms with E-state index in [1.165, 1.54) is 10.5 Å². The number of para-hydroxylation sites is 1. The summed E-state index contributed by atoms with van der Waals surface area (Å²) in [5.41, 5.74) is 10.4. The molecule has 1 unspecified atom stereocenters. The molecule has 3 heterocycles. The van der Waals surface area contributed by atoms with Crippen LogP contribution in [0, 0.1) is 0 Å². The van der Waals surface area contributed by atoms with Crippen molar-refractivity contribution in [1.82, 2.24) is 4.90 Å². The van der Waals surface area contributed by atoms with Crippen LogP contribution in [0.25, 0.3) is 5.57 Å². The van der Waals surface area contributed by atoms with E-state index in [0.717, 1.165) is 22.5 Å². The van der Waals surface area contributed by atoms with Crippen molar-refractivity contribution < 1.29 is 9.59 Å². The highest BCUT2D eigenvalue weighted by molar-refractivity contribution is 6.54. The monoisotopic (exact) mass is 294 g/mol. The van der Waals surface area contributed by atoms with Crippen LogP contribution in [-0.2, 0) is 9.59 Å². The van der Waals surface area contributed by atoms with Gasteiger partial charge < -0.3 is 10.6 Å². The van der Waals surface area contributed by atoms with Crippen molar-refractivity contribution in [3.05, 3.63) is 35.4 Å². The summed E-state index contributed by atoms with van der Waals surface area (Å²) in [4.78, 5) is 33.4. The summed E-state index contributed by atoms with van der Waals surface area (Å²) in [7, 11) is 0. The Labute approximate surface area is 127 Å². The zero-order valence-electron chi connectivity index (χ0n) is 11.8. The lowest BCUT2D eigenvalue weighted by Gasteiger charge is -2.34. The third kappa shape index (κ3) is 1.80. The molecule has 3 aliphatic heterocycles. The molecule has 0 radical (unpaired) electrons. The van der Waals surface area contributed by atoms with Crippen molar-refractivity contribution >= 4 is 35.0 Å². The average Bonchev–Trinajstić information content (AvgIpc) is 2.92. The second-order valence-corrected chi connectivity index (χ2v) is 5.57. The van der Waals surface area contributed by atoms with Gasteiger partial charge in [-0.05, 0) is 18.1 Å². The van der Waals surface area contributed by atoms with Crippen molar-refractivity contribution in [3.63, 3.8) is 0 Å². The molecule has 2 N–H and O–H groups in total. The molecule has 6 nitrogen and oxygen atoms in total. The summed E-state index contributed by atoms with van der Waals surface area (Å²) in [6.07, 6.45) is 2.45. The van der Waals surface area contributed by atoms with Crippen LogP contribution in [0.4, 0.5) is 5.69 Å². The maximum Gasteiger partial charge on any atom is 0.311 e.